The van der Waals surface area contributed by atoms with E-state index in [-0.39, 0.29) is 5.92 Å². The number of nitrogens with two attached hydrogens (primary N) is 1. The quantitative estimate of drug-likeness (QED) is 0.776. The third kappa shape index (κ3) is 2.28. The summed E-state index contributed by atoms with van der Waals surface area (Å²) in [5.74, 6) is -0.0355. The van der Waals surface area contributed by atoms with Crippen LogP contribution in [0, 0.1) is 5.95 Å². The van der Waals surface area contributed by atoms with Gasteiger partial charge in [0.1, 0.15) is 0 Å². The molecule has 1 aromatic rings. The minimum absolute atomic E-state index is 0.0708. The van der Waals surface area contributed by atoms with Crippen molar-refractivity contribution in [3.63, 3.8) is 0 Å². The van der Waals surface area contributed by atoms with Crippen LogP contribution in [0.15, 0.2) is 6.20 Å². The number of pyridine rings is 1. The molecule has 0 saturated heterocycles. The Morgan fingerprint density at radius 1 is 1.40 bits per heavy atom. The van der Waals surface area contributed by atoms with Crippen LogP contribution in [-0.2, 0) is 0 Å². The minimum Gasteiger partial charge on any atom is -0.398 e. The Morgan fingerprint density at radius 2 is 2.00 bits per heavy atom. The van der Waals surface area contributed by atoms with Gasteiger partial charge in [0, 0.05) is 17.4 Å². The van der Waals surface area contributed by atoms with Crippen LogP contribution in [0.5, 0.6) is 0 Å². The predicted octanol–water partition coefficient (Wildman–Crippen LogP) is 3.44. The van der Waals surface area contributed by atoms with Gasteiger partial charge < -0.3 is 5.73 Å². The van der Waals surface area contributed by atoms with Crippen LogP contribution < -0.4 is 5.73 Å². The highest BCUT2D eigenvalue weighted by Crippen LogP contribution is 2.31. The first kappa shape index (κ1) is 12.0. The van der Waals surface area contributed by atoms with Crippen molar-refractivity contribution in [3.8, 4) is 0 Å². The largest absolute Gasteiger partial charge is 0.398 e. The predicted molar refractivity (Wildman–Crippen MR) is 61.4 cm³/mol. The van der Waals surface area contributed by atoms with Gasteiger partial charge in [0.15, 0.2) is 0 Å². The highest BCUT2D eigenvalue weighted by atomic mass is 19.1. The molecule has 0 aliphatic carbocycles. The second kappa shape index (κ2) is 4.60. The maximum atomic E-state index is 13.5. The van der Waals surface area contributed by atoms with E-state index in [4.69, 9.17) is 5.73 Å². The average molecular weight is 210 g/mol. The summed E-state index contributed by atoms with van der Waals surface area (Å²) < 4.78 is 13.5. The first-order valence-electron chi connectivity index (χ1n) is 5.42. The van der Waals surface area contributed by atoms with Crippen LogP contribution in [0.2, 0.25) is 0 Å². The van der Waals surface area contributed by atoms with Crippen molar-refractivity contribution in [1.29, 1.82) is 0 Å². The fourth-order valence-electron chi connectivity index (χ4n) is 1.69. The zero-order chi connectivity index (χ0) is 11.6. The molecule has 0 fully saturated rings. The maximum absolute atomic E-state index is 13.5. The minimum atomic E-state index is -0.436. The lowest BCUT2D eigenvalue weighted by atomic mass is 9.93. The molecule has 2 nitrogen and oxygen atoms in total. The van der Waals surface area contributed by atoms with Crippen LogP contribution in [0.25, 0.3) is 0 Å². The smallest absolute Gasteiger partial charge is 0.218 e. The Balaban J connectivity index is 3.28. The Bertz CT molecular complexity index is 348. The van der Waals surface area contributed by atoms with E-state index < -0.39 is 5.95 Å². The molecule has 2 N–H and O–H groups in total. The van der Waals surface area contributed by atoms with E-state index in [1.807, 2.05) is 13.8 Å². The molecule has 3 heteroatoms. The molecule has 1 heterocycles. The second-order valence-electron chi connectivity index (χ2n) is 4.30. The molecule has 0 aliphatic rings. The molecule has 1 atom stereocenters. The van der Waals surface area contributed by atoms with E-state index in [1.165, 1.54) is 0 Å². The van der Waals surface area contributed by atoms with Crippen molar-refractivity contribution in [2.75, 3.05) is 5.73 Å². The molecule has 0 spiro atoms. The van der Waals surface area contributed by atoms with Crippen LogP contribution in [-0.4, -0.2) is 4.98 Å². The molecule has 0 saturated carbocycles. The van der Waals surface area contributed by atoms with Crippen molar-refractivity contribution >= 4 is 5.69 Å². The molecule has 0 aliphatic heterocycles. The maximum Gasteiger partial charge on any atom is 0.218 e. The van der Waals surface area contributed by atoms with Crippen LogP contribution in [0.3, 0.4) is 0 Å². The third-order valence-corrected chi connectivity index (χ3v) is 2.86. The van der Waals surface area contributed by atoms with Crippen molar-refractivity contribution in [3.05, 3.63) is 23.3 Å². The molecular weight excluding hydrogens is 191 g/mol. The Hall–Kier alpha value is -1.12. The van der Waals surface area contributed by atoms with Crippen molar-refractivity contribution in [2.45, 2.75) is 46.0 Å². The van der Waals surface area contributed by atoms with Gasteiger partial charge in [0.25, 0.3) is 0 Å². The molecule has 0 amide bonds. The number of nitrogen functional groups attached to an aromatic ring is 1. The summed E-state index contributed by atoms with van der Waals surface area (Å²) in [7, 11) is 0. The van der Waals surface area contributed by atoms with Gasteiger partial charge in [-0.15, -0.1) is 0 Å². The van der Waals surface area contributed by atoms with Gasteiger partial charge in [-0.05, 0) is 23.8 Å². The normalized spacial score (nSPS) is 13.2. The van der Waals surface area contributed by atoms with Crippen molar-refractivity contribution < 1.29 is 4.39 Å². The van der Waals surface area contributed by atoms with Gasteiger partial charge in [-0.25, -0.2) is 4.98 Å². The van der Waals surface area contributed by atoms with Gasteiger partial charge in [0.05, 0.1) is 0 Å². The number of halogens is 1. The fourth-order valence-corrected chi connectivity index (χ4v) is 1.69. The summed E-state index contributed by atoms with van der Waals surface area (Å²) in [6.45, 7) is 8.02. The van der Waals surface area contributed by atoms with Gasteiger partial charge in [-0.3, -0.25) is 0 Å². The van der Waals surface area contributed by atoms with E-state index >= 15 is 0 Å². The Kier molecular flexibility index (Phi) is 3.66. The van der Waals surface area contributed by atoms with E-state index in [0.29, 0.717) is 17.2 Å². The van der Waals surface area contributed by atoms with Crippen LogP contribution in [0.1, 0.15) is 57.1 Å². The van der Waals surface area contributed by atoms with E-state index in [0.717, 1.165) is 12.0 Å². The number of hydrogen-bond acceptors (Lipinski definition) is 2. The topological polar surface area (TPSA) is 38.9 Å². The van der Waals surface area contributed by atoms with Crippen molar-refractivity contribution in [1.82, 2.24) is 4.98 Å². The molecule has 1 rings (SSSR count). The summed E-state index contributed by atoms with van der Waals surface area (Å²) in [6.07, 6.45) is 2.54. The zero-order valence-corrected chi connectivity index (χ0v) is 9.84. The molecule has 0 bridgehead atoms. The summed E-state index contributed by atoms with van der Waals surface area (Å²) in [5, 5.41) is 0. The monoisotopic (exact) mass is 210 g/mol. The average Bonchev–Trinajstić information content (AvgIpc) is 2.16. The highest BCUT2D eigenvalue weighted by Gasteiger charge is 2.17. The first-order chi connectivity index (χ1) is 6.99. The third-order valence-electron chi connectivity index (χ3n) is 2.86. The molecule has 0 radical (unpaired) electrons. The van der Waals surface area contributed by atoms with E-state index in [9.17, 15) is 4.39 Å². The van der Waals surface area contributed by atoms with Gasteiger partial charge in [-0.1, -0.05) is 27.7 Å². The standard InChI is InChI=1S/C12H19FN2/c1-5-8(4)9-6-15-12(13)10(7(2)3)11(9)14/h6-8H,5H2,1-4H3,(H2,14,15). The summed E-state index contributed by atoms with van der Waals surface area (Å²) in [6, 6.07) is 0. The van der Waals surface area contributed by atoms with Crippen LogP contribution >= 0.6 is 0 Å². The molecule has 15 heavy (non-hydrogen) atoms. The SMILES string of the molecule is CCC(C)c1cnc(F)c(C(C)C)c1N. The number of nitrogens with zero attached hydrogens (tertiary/aromatic N) is 1. The second-order valence-corrected chi connectivity index (χ2v) is 4.30. The summed E-state index contributed by atoms with van der Waals surface area (Å²) in [4.78, 5) is 3.78. The molecule has 84 valence electrons. The Morgan fingerprint density at radius 3 is 2.47 bits per heavy atom. The van der Waals surface area contributed by atoms with Gasteiger partial charge >= 0.3 is 0 Å². The highest BCUT2D eigenvalue weighted by molar-refractivity contribution is 5.55. The van der Waals surface area contributed by atoms with E-state index in [1.54, 1.807) is 6.20 Å². The number of rotatable bonds is 3. The van der Waals surface area contributed by atoms with Gasteiger partial charge in [-0.2, -0.15) is 4.39 Å². The number of aromatic nitrogens is 1. The molecule has 0 aromatic carbocycles. The van der Waals surface area contributed by atoms with Gasteiger partial charge in [0.2, 0.25) is 5.95 Å². The number of anilines is 1. The molecule has 1 unspecified atom stereocenters. The zero-order valence-electron chi connectivity index (χ0n) is 9.84. The molecular formula is C12H19FN2. The number of hydrogen-bond donors (Lipinski definition) is 1. The lowest BCUT2D eigenvalue weighted by molar-refractivity contribution is 0.554. The van der Waals surface area contributed by atoms with Crippen LogP contribution in [0.4, 0.5) is 10.1 Å². The molecule has 1 aromatic heterocycles. The van der Waals surface area contributed by atoms with Crippen molar-refractivity contribution in [2.24, 2.45) is 0 Å². The Labute approximate surface area is 90.7 Å². The lowest BCUT2D eigenvalue weighted by Crippen LogP contribution is -2.08. The van der Waals surface area contributed by atoms with E-state index in [2.05, 4.69) is 18.8 Å². The fraction of sp³-hybridized carbons (Fsp3) is 0.583. The first-order valence-corrected chi connectivity index (χ1v) is 5.42. The summed E-state index contributed by atoms with van der Waals surface area (Å²) in [5.41, 5.74) is 8.07. The summed E-state index contributed by atoms with van der Waals surface area (Å²) >= 11 is 0. The lowest BCUT2D eigenvalue weighted by Gasteiger charge is -2.17.